The number of methoxy groups -OCH3 is 1. The van der Waals surface area contributed by atoms with Crippen LogP contribution < -0.4 is 10.1 Å². The number of hydrogen-bond donors (Lipinski definition) is 1. The molecule has 1 aliphatic heterocycles. The molecule has 1 atom stereocenters. The predicted octanol–water partition coefficient (Wildman–Crippen LogP) is 2.79. The summed E-state index contributed by atoms with van der Waals surface area (Å²) in [5.41, 5.74) is 3.55. The van der Waals surface area contributed by atoms with Crippen LogP contribution in [0.3, 0.4) is 0 Å². The lowest BCUT2D eigenvalue weighted by Gasteiger charge is -2.19. The van der Waals surface area contributed by atoms with Gasteiger partial charge in [-0.05, 0) is 30.2 Å². The molecule has 1 amide bonds. The van der Waals surface area contributed by atoms with Gasteiger partial charge in [-0.3, -0.25) is 9.18 Å². The maximum Gasteiger partial charge on any atom is 0.286 e. The van der Waals surface area contributed by atoms with Crippen LogP contribution >= 0.6 is 0 Å². The van der Waals surface area contributed by atoms with Gasteiger partial charge in [0.2, 0.25) is 17.7 Å². The number of carbonyl (C=O) groups is 1. The van der Waals surface area contributed by atoms with Crippen LogP contribution in [-0.4, -0.2) is 79.2 Å². The Labute approximate surface area is 197 Å². The number of benzene rings is 1. The van der Waals surface area contributed by atoms with Gasteiger partial charge in [0, 0.05) is 31.8 Å². The van der Waals surface area contributed by atoms with E-state index in [0.29, 0.717) is 24.0 Å². The third-order valence-corrected chi connectivity index (χ3v) is 6.06. The van der Waals surface area contributed by atoms with Gasteiger partial charge in [0.15, 0.2) is 0 Å². The molecule has 13 heteroatoms. The molecule has 0 unspecified atom stereocenters. The van der Waals surface area contributed by atoms with E-state index in [9.17, 15) is 18.0 Å². The second-order valence-corrected chi connectivity index (χ2v) is 8.38. The second kappa shape index (κ2) is 8.71. The summed E-state index contributed by atoms with van der Waals surface area (Å²) >= 11 is 0. The molecule has 10 nitrogen and oxygen atoms in total. The first-order valence-electron chi connectivity index (χ1n) is 11.0. The average Bonchev–Trinajstić information content (AvgIpc) is 3.52. The average molecular weight is 488 g/mol. The van der Waals surface area contributed by atoms with Crippen molar-refractivity contribution in [3.63, 3.8) is 0 Å². The standard InChI is InChI=1S/C22H23F3N8O2/c1-13(34)31-11-18(22(24,25)12-31)26-21-27-20(35-2)19-15(6-9-33(19)29-21)14-4-5-16-17(10-14)32(30-28-16)8-3-7-23/h4-6,9-10,18H,3,7-8,11-12H2,1-2H3,(H,26,29)/t18-/m1/s1. The van der Waals surface area contributed by atoms with Crippen molar-refractivity contribution in [2.45, 2.75) is 31.9 Å². The highest BCUT2D eigenvalue weighted by atomic mass is 19.3. The van der Waals surface area contributed by atoms with Crippen molar-refractivity contribution in [2.24, 2.45) is 0 Å². The van der Waals surface area contributed by atoms with Gasteiger partial charge in [0.1, 0.15) is 17.1 Å². The number of amides is 1. The summed E-state index contributed by atoms with van der Waals surface area (Å²) in [6, 6.07) is 6.06. The van der Waals surface area contributed by atoms with Crippen LogP contribution in [0, 0.1) is 0 Å². The highest BCUT2D eigenvalue weighted by Crippen LogP contribution is 2.34. The minimum absolute atomic E-state index is 0.0458. The smallest absolute Gasteiger partial charge is 0.286 e. The van der Waals surface area contributed by atoms with Gasteiger partial charge >= 0.3 is 0 Å². The molecule has 1 aromatic carbocycles. The number of alkyl halides is 3. The van der Waals surface area contributed by atoms with Crippen molar-refractivity contribution in [3.05, 3.63) is 30.5 Å². The first-order chi connectivity index (χ1) is 16.8. The molecule has 1 saturated heterocycles. The molecular weight excluding hydrogens is 465 g/mol. The molecule has 1 N–H and O–H groups in total. The zero-order valence-electron chi connectivity index (χ0n) is 19.1. The quantitative estimate of drug-likeness (QED) is 0.427. The van der Waals surface area contributed by atoms with E-state index in [2.05, 4.69) is 25.7 Å². The normalized spacial score (nSPS) is 17.4. The van der Waals surface area contributed by atoms with E-state index in [1.165, 1.54) is 18.5 Å². The number of halogens is 3. The number of anilines is 1. The third-order valence-electron chi connectivity index (χ3n) is 6.06. The summed E-state index contributed by atoms with van der Waals surface area (Å²) in [5, 5.41) is 15.2. The maximum atomic E-state index is 14.5. The Morgan fingerprint density at radius 2 is 2.14 bits per heavy atom. The van der Waals surface area contributed by atoms with E-state index in [-0.39, 0.29) is 18.4 Å². The SMILES string of the molecule is COc1nc(N[C@@H]2CN(C(C)=O)CC2(F)F)nn2ccc(-c3ccc4nnn(CCCF)c4c3)c12. The lowest BCUT2D eigenvalue weighted by Crippen LogP contribution is -2.38. The molecular formula is C22H23F3N8O2. The van der Waals surface area contributed by atoms with E-state index in [4.69, 9.17) is 4.74 Å². The van der Waals surface area contributed by atoms with Crippen molar-refractivity contribution in [2.75, 3.05) is 32.2 Å². The first kappa shape index (κ1) is 22.9. The van der Waals surface area contributed by atoms with E-state index >= 15 is 0 Å². The topological polar surface area (TPSA) is 102 Å². The van der Waals surface area contributed by atoms with Crippen molar-refractivity contribution in [3.8, 4) is 17.0 Å². The molecule has 0 aliphatic carbocycles. The Morgan fingerprint density at radius 1 is 1.31 bits per heavy atom. The molecule has 3 aromatic heterocycles. The molecule has 4 heterocycles. The number of hydrogen-bond acceptors (Lipinski definition) is 7. The van der Waals surface area contributed by atoms with Gasteiger partial charge in [-0.15, -0.1) is 10.2 Å². The minimum Gasteiger partial charge on any atom is -0.479 e. The van der Waals surface area contributed by atoms with Crippen LogP contribution in [0.4, 0.5) is 19.1 Å². The monoisotopic (exact) mass is 488 g/mol. The molecule has 0 radical (unpaired) electrons. The zero-order valence-corrected chi connectivity index (χ0v) is 19.1. The fourth-order valence-electron chi connectivity index (χ4n) is 4.27. The summed E-state index contributed by atoms with van der Waals surface area (Å²) in [6.07, 6.45) is 2.01. The number of nitrogens with one attached hydrogen (secondary N) is 1. The van der Waals surface area contributed by atoms with Crippen molar-refractivity contribution >= 4 is 28.4 Å². The van der Waals surface area contributed by atoms with Gasteiger partial charge in [-0.1, -0.05) is 11.3 Å². The molecule has 1 aliphatic rings. The van der Waals surface area contributed by atoms with Gasteiger partial charge in [0.25, 0.3) is 5.92 Å². The molecule has 184 valence electrons. The Hall–Kier alpha value is -3.90. The van der Waals surface area contributed by atoms with Gasteiger partial charge in [-0.2, -0.15) is 4.98 Å². The van der Waals surface area contributed by atoms with Gasteiger partial charge < -0.3 is 15.0 Å². The number of rotatable bonds is 7. The summed E-state index contributed by atoms with van der Waals surface area (Å²) in [6.45, 7) is 0.392. The Bertz CT molecular complexity index is 1400. The number of nitrogens with zero attached hydrogens (tertiary/aromatic N) is 7. The summed E-state index contributed by atoms with van der Waals surface area (Å²) in [7, 11) is 1.43. The highest BCUT2D eigenvalue weighted by molar-refractivity contribution is 5.89. The summed E-state index contributed by atoms with van der Waals surface area (Å²) in [5.74, 6) is -3.41. The molecule has 35 heavy (non-hydrogen) atoms. The van der Waals surface area contributed by atoms with Crippen LogP contribution in [0.15, 0.2) is 30.5 Å². The Kier molecular flexibility index (Phi) is 5.69. The van der Waals surface area contributed by atoms with Crippen LogP contribution in [0.2, 0.25) is 0 Å². The van der Waals surface area contributed by atoms with E-state index in [0.717, 1.165) is 21.5 Å². The minimum atomic E-state index is -3.13. The van der Waals surface area contributed by atoms with Crippen molar-refractivity contribution < 1.29 is 22.7 Å². The van der Waals surface area contributed by atoms with Crippen molar-refractivity contribution in [1.82, 2.24) is 34.5 Å². The largest absolute Gasteiger partial charge is 0.479 e. The molecule has 0 bridgehead atoms. The van der Waals surface area contributed by atoms with Gasteiger partial charge in [0.05, 0.1) is 25.8 Å². The molecule has 1 fully saturated rings. The van der Waals surface area contributed by atoms with Crippen LogP contribution in [0.1, 0.15) is 13.3 Å². The highest BCUT2D eigenvalue weighted by Gasteiger charge is 2.49. The number of aryl methyl sites for hydroxylation is 1. The van der Waals surface area contributed by atoms with E-state index in [1.807, 2.05) is 24.3 Å². The number of ether oxygens (including phenoxy) is 1. The molecule has 0 spiro atoms. The third kappa shape index (κ3) is 4.10. The van der Waals surface area contributed by atoms with E-state index in [1.54, 1.807) is 10.9 Å². The maximum absolute atomic E-state index is 14.5. The number of likely N-dealkylation sites (tertiary alicyclic amines) is 1. The number of carbonyl (C=O) groups excluding carboxylic acids is 1. The summed E-state index contributed by atoms with van der Waals surface area (Å²) < 4.78 is 50.2. The van der Waals surface area contributed by atoms with Crippen LogP contribution in [0.25, 0.3) is 27.7 Å². The summed E-state index contributed by atoms with van der Waals surface area (Å²) in [4.78, 5) is 17.0. The number of fused-ring (bicyclic) bond motifs is 2. The Morgan fingerprint density at radius 3 is 2.86 bits per heavy atom. The Balaban J connectivity index is 1.50. The molecule has 4 aromatic rings. The lowest BCUT2D eigenvalue weighted by atomic mass is 10.1. The van der Waals surface area contributed by atoms with Crippen LogP contribution in [0.5, 0.6) is 5.88 Å². The molecule has 0 saturated carbocycles. The number of aromatic nitrogens is 6. The lowest BCUT2D eigenvalue weighted by molar-refractivity contribution is -0.129. The zero-order chi connectivity index (χ0) is 24.7. The first-order valence-corrected chi connectivity index (χ1v) is 11.0. The van der Waals surface area contributed by atoms with Crippen LogP contribution in [-0.2, 0) is 11.3 Å². The molecule has 5 rings (SSSR count). The fourth-order valence-corrected chi connectivity index (χ4v) is 4.27. The fraction of sp³-hybridized carbons (Fsp3) is 0.409. The van der Waals surface area contributed by atoms with Crippen molar-refractivity contribution in [1.29, 1.82) is 0 Å². The predicted molar refractivity (Wildman–Crippen MR) is 121 cm³/mol. The van der Waals surface area contributed by atoms with Gasteiger partial charge in [-0.25, -0.2) is 18.0 Å². The van der Waals surface area contributed by atoms with E-state index < -0.39 is 31.1 Å². The second-order valence-electron chi connectivity index (χ2n) is 8.38.